The van der Waals surface area contributed by atoms with E-state index in [1.165, 1.54) is 0 Å². The van der Waals surface area contributed by atoms with E-state index in [1.54, 1.807) is 0 Å². The van der Waals surface area contributed by atoms with Gasteiger partial charge in [0, 0.05) is 19.1 Å². The highest BCUT2D eigenvalue weighted by molar-refractivity contribution is 4.59. The average molecular weight is 190 g/mol. The summed E-state index contributed by atoms with van der Waals surface area (Å²) in [6.45, 7) is 4.47. The molecule has 1 atom stereocenters. The Labute approximate surface area is 80.3 Å². The third-order valence-corrected chi connectivity index (χ3v) is 1.97. The maximum absolute atomic E-state index is 8.72. The Kier molecular flexibility index (Phi) is 8.33. The highest BCUT2D eigenvalue weighted by atomic mass is 16.3. The van der Waals surface area contributed by atoms with E-state index >= 15 is 0 Å². The van der Waals surface area contributed by atoms with Gasteiger partial charge in [0.2, 0.25) is 0 Å². The second-order valence-corrected chi connectivity index (χ2v) is 3.41. The zero-order chi connectivity index (χ0) is 10.1. The Balaban J connectivity index is 3.44. The molecule has 4 nitrogen and oxygen atoms in total. The SMILES string of the molecule is CC(N)CCCN(CCO)CCO. The normalized spacial score (nSPS) is 13.6. The van der Waals surface area contributed by atoms with Gasteiger partial charge in [0.1, 0.15) is 0 Å². The van der Waals surface area contributed by atoms with Gasteiger partial charge in [0.25, 0.3) is 0 Å². The maximum Gasteiger partial charge on any atom is 0.0558 e. The zero-order valence-corrected chi connectivity index (χ0v) is 8.45. The number of aliphatic hydroxyl groups excluding tert-OH is 2. The van der Waals surface area contributed by atoms with Gasteiger partial charge < -0.3 is 15.9 Å². The number of hydrogen-bond acceptors (Lipinski definition) is 4. The van der Waals surface area contributed by atoms with Crippen LogP contribution in [-0.2, 0) is 0 Å². The second kappa shape index (κ2) is 8.44. The molecule has 0 aromatic carbocycles. The van der Waals surface area contributed by atoms with Gasteiger partial charge in [-0.15, -0.1) is 0 Å². The Hall–Kier alpha value is -0.160. The summed E-state index contributed by atoms with van der Waals surface area (Å²) in [4.78, 5) is 2.04. The van der Waals surface area contributed by atoms with E-state index in [-0.39, 0.29) is 19.3 Å². The molecule has 0 saturated heterocycles. The van der Waals surface area contributed by atoms with Crippen LogP contribution >= 0.6 is 0 Å². The first-order chi connectivity index (χ1) is 6.20. The topological polar surface area (TPSA) is 69.7 Å². The first kappa shape index (κ1) is 12.8. The minimum atomic E-state index is 0.151. The van der Waals surface area contributed by atoms with Gasteiger partial charge in [-0.25, -0.2) is 0 Å². The number of aliphatic hydroxyl groups is 2. The summed E-state index contributed by atoms with van der Waals surface area (Å²) in [7, 11) is 0. The summed E-state index contributed by atoms with van der Waals surface area (Å²) in [6.07, 6.45) is 2.02. The molecule has 0 aliphatic rings. The highest BCUT2D eigenvalue weighted by Gasteiger charge is 2.03. The lowest BCUT2D eigenvalue weighted by atomic mass is 10.2. The fraction of sp³-hybridized carbons (Fsp3) is 1.00. The minimum Gasteiger partial charge on any atom is -0.395 e. The molecule has 13 heavy (non-hydrogen) atoms. The minimum absolute atomic E-state index is 0.151. The van der Waals surface area contributed by atoms with E-state index in [1.807, 2.05) is 11.8 Å². The van der Waals surface area contributed by atoms with E-state index in [0.29, 0.717) is 13.1 Å². The Bertz CT molecular complexity index is 104. The van der Waals surface area contributed by atoms with Crippen LogP contribution in [0.4, 0.5) is 0 Å². The van der Waals surface area contributed by atoms with Crippen molar-refractivity contribution in [3.63, 3.8) is 0 Å². The smallest absolute Gasteiger partial charge is 0.0558 e. The van der Waals surface area contributed by atoms with Crippen LogP contribution in [-0.4, -0.2) is 54.0 Å². The molecular formula is C9H22N2O2. The van der Waals surface area contributed by atoms with E-state index in [2.05, 4.69) is 0 Å². The van der Waals surface area contributed by atoms with Crippen LogP contribution in [0.25, 0.3) is 0 Å². The molecule has 0 aliphatic carbocycles. The lowest BCUT2D eigenvalue weighted by Crippen LogP contribution is -2.31. The summed E-state index contributed by atoms with van der Waals surface area (Å²) in [5.74, 6) is 0. The fourth-order valence-electron chi connectivity index (χ4n) is 1.26. The zero-order valence-electron chi connectivity index (χ0n) is 8.45. The van der Waals surface area contributed by atoms with Crippen molar-refractivity contribution in [3.05, 3.63) is 0 Å². The molecule has 0 saturated carbocycles. The Morgan fingerprint density at radius 3 is 2.08 bits per heavy atom. The lowest BCUT2D eigenvalue weighted by molar-refractivity contribution is 0.159. The molecule has 4 N–H and O–H groups in total. The first-order valence-corrected chi connectivity index (χ1v) is 4.90. The van der Waals surface area contributed by atoms with Crippen molar-refractivity contribution in [2.45, 2.75) is 25.8 Å². The van der Waals surface area contributed by atoms with Gasteiger partial charge in [0.05, 0.1) is 13.2 Å². The van der Waals surface area contributed by atoms with Crippen molar-refractivity contribution in [2.75, 3.05) is 32.8 Å². The van der Waals surface area contributed by atoms with Crippen molar-refractivity contribution in [1.82, 2.24) is 4.90 Å². The van der Waals surface area contributed by atoms with E-state index in [9.17, 15) is 0 Å². The molecular weight excluding hydrogens is 168 g/mol. The Morgan fingerprint density at radius 2 is 1.69 bits per heavy atom. The molecule has 0 amide bonds. The Morgan fingerprint density at radius 1 is 1.15 bits per heavy atom. The fourth-order valence-corrected chi connectivity index (χ4v) is 1.26. The molecule has 1 unspecified atom stereocenters. The molecule has 4 heteroatoms. The van der Waals surface area contributed by atoms with Gasteiger partial charge in [0.15, 0.2) is 0 Å². The predicted octanol–water partition coefficient (Wildman–Crippen LogP) is -0.600. The van der Waals surface area contributed by atoms with Gasteiger partial charge in [-0.1, -0.05) is 0 Å². The number of nitrogens with two attached hydrogens (primary N) is 1. The third kappa shape index (κ3) is 8.18. The van der Waals surface area contributed by atoms with Crippen molar-refractivity contribution < 1.29 is 10.2 Å². The molecule has 0 rings (SSSR count). The van der Waals surface area contributed by atoms with Crippen LogP contribution in [0.3, 0.4) is 0 Å². The molecule has 0 aromatic heterocycles. The van der Waals surface area contributed by atoms with Crippen molar-refractivity contribution >= 4 is 0 Å². The van der Waals surface area contributed by atoms with E-state index in [0.717, 1.165) is 19.4 Å². The third-order valence-electron chi connectivity index (χ3n) is 1.97. The summed E-state index contributed by atoms with van der Waals surface area (Å²) in [5.41, 5.74) is 5.61. The van der Waals surface area contributed by atoms with Gasteiger partial charge in [-0.3, -0.25) is 4.90 Å². The second-order valence-electron chi connectivity index (χ2n) is 3.41. The quantitative estimate of drug-likeness (QED) is 0.478. The van der Waals surface area contributed by atoms with Gasteiger partial charge >= 0.3 is 0 Å². The standard InChI is InChI=1S/C9H22N2O2/c1-9(10)3-2-4-11(5-7-12)6-8-13/h9,12-13H,2-8,10H2,1H3. The summed E-state index contributed by atoms with van der Waals surface area (Å²) >= 11 is 0. The van der Waals surface area contributed by atoms with Crippen LogP contribution < -0.4 is 5.73 Å². The molecule has 0 radical (unpaired) electrons. The molecule has 0 bridgehead atoms. The van der Waals surface area contributed by atoms with Crippen molar-refractivity contribution in [3.8, 4) is 0 Å². The number of hydrogen-bond donors (Lipinski definition) is 3. The van der Waals surface area contributed by atoms with Crippen LogP contribution in [0.1, 0.15) is 19.8 Å². The molecule has 0 fully saturated rings. The van der Waals surface area contributed by atoms with E-state index in [4.69, 9.17) is 15.9 Å². The summed E-state index contributed by atoms with van der Waals surface area (Å²) in [6, 6.07) is 0.241. The molecule has 0 aromatic rings. The lowest BCUT2D eigenvalue weighted by Gasteiger charge is -2.20. The van der Waals surface area contributed by atoms with Crippen LogP contribution in [0.15, 0.2) is 0 Å². The van der Waals surface area contributed by atoms with Crippen LogP contribution in [0.5, 0.6) is 0 Å². The van der Waals surface area contributed by atoms with Gasteiger partial charge in [-0.2, -0.15) is 0 Å². The average Bonchev–Trinajstić information content (AvgIpc) is 2.04. The molecule has 80 valence electrons. The molecule has 0 aliphatic heterocycles. The highest BCUT2D eigenvalue weighted by Crippen LogP contribution is 1.97. The van der Waals surface area contributed by atoms with Crippen LogP contribution in [0.2, 0.25) is 0 Å². The summed E-state index contributed by atoms with van der Waals surface area (Å²) in [5, 5.41) is 17.4. The van der Waals surface area contributed by atoms with E-state index < -0.39 is 0 Å². The molecule has 0 heterocycles. The number of rotatable bonds is 8. The maximum atomic E-state index is 8.72. The molecule has 0 spiro atoms. The predicted molar refractivity (Wildman–Crippen MR) is 53.5 cm³/mol. The monoisotopic (exact) mass is 190 g/mol. The van der Waals surface area contributed by atoms with Crippen LogP contribution in [0, 0.1) is 0 Å². The largest absolute Gasteiger partial charge is 0.395 e. The number of nitrogens with zero attached hydrogens (tertiary/aromatic N) is 1. The summed E-state index contributed by atoms with van der Waals surface area (Å²) < 4.78 is 0. The first-order valence-electron chi connectivity index (χ1n) is 4.90. The van der Waals surface area contributed by atoms with Crippen molar-refractivity contribution in [2.24, 2.45) is 5.73 Å². The van der Waals surface area contributed by atoms with Gasteiger partial charge in [-0.05, 0) is 26.3 Å². The van der Waals surface area contributed by atoms with Crippen molar-refractivity contribution in [1.29, 1.82) is 0 Å².